The first-order valence-corrected chi connectivity index (χ1v) is 7.61. The number of hydrogen-bond acceptors (Lipinski definition) is 6. The van der Waals surface area contributed by atoms with Gasteiger partial charge in [-0.25, -0.2) is 18.2 Å². The molecule has 2 heterocycles. The van der Waals surface area contributed by atoms with Gasteiger partial charge in [0, 0.05) is 0 Å². The summed E-state index contributed by atoms with van der Waals surface area (Å²) in [6.45, 7) is 0.165. The third kappa shape index (κ3) is 2.58. The Morgan fingerprint density at radius 2 is 2.20 bits per heavy atom. The number of amides is 2. The lowest BCUT2D eigenvalue weighted by Gasteiger charge is -2.13. The third-order valence-electron chi connectivity index (χ3n) is 2.37. The fraction of sp³-hybridized carbons (Fsp3) is 0.333. The molecule has 1 aliphatic rings. The molecule has 1 aromatic rings. The first-order chi connectivity index (χ1) is 9.34. The van der Waals surface area contributed by atoms with Gasteiger partial charge in [0.1, 0.15) is 11.5 Å². The number of hydrazine groups is 1. The normalized spacial score (nSPS) is 15.6. The molecule has 7 nitrogen and oxygen atoms in total. The summed E-state index contributed by atoms with van der Waals surface area (Å²) in [6, 6.07) is 0.920. The predicted octanol–water partition coefficient (Wildman–Crippen LogP) is 0.841. The van der Waals surface area contributed by atoms with Crippen molar-refractivity contribution >= 4 is 33.2 Å². The number of carbonyl (C=O) groups is 2. The molecule has 1 aliphatic heterocycles. The summed E-state index contributed by atoms with van der Waals surface area (Å²) < 4.78 is 52.3. The first kappa shape index (κ1) is 14.7. The molecule has 11 heteroatoms. The fourth-order valence-corrected chi connectivity index (χ4v) is 3.51. The van der Waals surface area contributed by atoms with Crippen LogP contribution < -0.4 is 5.43 Å². The van der Waals surface area contributed by atoms with Crippen LogP contribution in [0.25, 0.3) is 0 Å². The molecule has 0 radical (unpaired) electrons. The van der Waals surface area contributed by atoms with Gasteiger partial charge in [0.25, 0.3) is 5.91 Å². The topological polar surface area (TPSA) is 92.8 Å². The minimum Gasteiger partial charge on any atom is -0.446 e. The van der Waals surface area contributed by atoms with Crippen LogP contribution in [-0.2, 0) is 14.6 Å². The molecule has 0 atom stereocenters. The standard InChI is InChI=1S/C9H8F2N2O5S2/c10-8(11)20(16,17)5-1-4-19-6(5)7(14)12-13-2-3-18-9(13)15/h1,4,8H,2-3H2,(H,12,14). The predicted molar refractivity (Wildman–Crippen MR) is 63.0 cm³/mol. The van der Waals surface area contributed by atoms with E-state index in [9.17, 15) is 26.8 Å². The lowest BCUT2D eigenvalue weighted by molar-refractivity contribution is 0.0833. The molecule has 0 bridgehead atoms. The van der Waals surface area contributed by atoms with Crippen LogP contribution in [0.3, 0.4) is 0 Å². The van der Waals surface area contributed by atoms with Crippen LogP contribution in [0.5, 0.6) is 0 Å². The van der Waals surface area contributed by atoms with Crippen molar-refractivity contribution in [2.75, 3.05) is 13.2 Å². The first-order valence-electron chi connectivity index (χ1n) is 5.19. The summed E-state index contributed by atoms with van der Waals surface area (Å²) in [6.07, 6.45) is -0.798. The van der Waals surface area contributed by atoms with Crippen molar-refractivity contribution in [3.8, 4) is 0 Å². The molecule has 110 valence electrons. The Labute approximate surface area is 116 Å². The quantitative estimate of drug-likeness (QED) is 0.885. The third-order valence-corrected chi connectivity index (χ3v) is 4.84. The zero-order chi connectivity index (χ0) is 14.9. The Kier molecular flexibility index (Phi) is 3.90. The second kappa shape index (κ2) is 5.32. The maximum atomic E-state index is 12.5. The maximum absolute atomic E-state index is 12.5. The van der Waals surface area contributed by atoms with Crippen molar-refractivity contribution in [2.45, 2.75) is 10.7 Å². The molecule has 1 aromatic heterocycles. The van der Waals surface area contributed by atoms with Crippen LogP contribution in [-0.4, -0.2) is 44.3 Å². The van der Waals surface area contributed by atoms with Crippen molar-refractivity contribution in [1.29, 1.82) is 0 Å². The number of rotatable bonds is 4. The number of nitrogens with zero attached hydrogens (tertiary/aromatic N) is 1. The van der Waals surface area contributed by atoms with E-state index < -0.39 is 37.4 Å². The number of hydrogen-bond donors (Lipinski definition) is 1. The second-order valence-electron chi connectivity index (χ2n) is 3.63. The molecule has 0 aliphatic carbocycles. The SMILES string of the molecule is O=C(NN1CCOC1=O)c1sccc1S(=O)(=O)C(F)F. The highest BCUT2D eigenvalue weighted by Gasteiger charge is 2.33. The smallest absolute Gasteiger partial charge is 0.428 e. The number of thiophene rings is 1. The fourth-order valence-electron chi connectivity index (χ4n) is 1.45. The van der Waals surface area contributed by atoms with Crippen LogP contribution in [0.4, 0.5) is 13.6 Å². The van der Waals surface area contributed by atoms with E-state index in [1.807, 2.05) is 0 Å². The molecule has 0 spiro atoms. The van der Waals surface area contributed by atoms with Gasteiger partial charge in [-0.3, -0.25) is 10.2 Å². The number of cyclic esters (lactones) is 1. The van der Waals surface area contributed by atoms with Crippen LogP contribution in [0, 0.1) is 0 Å². The van der Waals surface area contributed by atoms with Crippen molar-refractivity contribution in [3.63, 3.8) is 0 Å². The van der Waals surface area contributed by atoms with E-state index >= 15 is 0 Å². The zero-order valence-electron chi connectivity index (χ0n) is 9.71. The minimum atomic E-state index is -4.87. The maximum Gasteiger partial charge on any atom is 0.428 e. The molecule has 0 unspecified atom stereocenters. The Bertz CT molecular complexity index is 643. The number of halogens is 2. The van der Waals surface area contributed by atoms with Crippen molar-refractivity contribution in [3.05, 3.63) is 16.3 Å². The second-order valence-corrected chi connectivity index (χ2v) is 6.43. The van der Waals surface area contributed by atoms with Crippen LogP contribution in [0.15, 0.2) is 16.3 Å². The van der Waals surface area contributed by atoms with Crippen molar-refractivity contribution in [1.82, 2.24) is 10.4 Å². The number of alkyl halides is 2. The average molecular weight is 326 g/mol. The van der Waals surface area contributed by atoms with Crippen molar-refractivity contribution in [2.24, 2.45) is 0 Å². The Hall–Kier alpha value is -1.75. The summed E-state index contributed by atoms with van der Waals surface area (Å²) >= 11 is 0.683. The highest BCUT2D eigenvalue weighted by molar-refractivity contribution is 7.92. The van der Waals surface area contributed by atoms with Gasteiger partial charge in [0.05, 0.1) is 11.4 Å². The summed E-state index contributed by atoms with van der Waals surface area (Å²) in [4.78, 5) is 21.8. The van der Waals surface area contributed by atoms with E-state index in [1.54, 1.807) is 0 Å². The molecule has 2 amide bonds. The van der Waals surface area contributed by atoms with E-state index in [0.29, 0.717) is 11.3 Å². The lowest BCUT2D eigenvalue weighted by Crippen LogP contribution is -2.42. The molecular formula is C9H8F2N2O5S2. The molecule has 1 N–H and O–H groups in total. The van der Waals surface area contributed by atoms with E-state index in [-0.39, 0.29) is 13.2 Å². The number of nitrogens with one attached hydrogen (secondary N) is 1. The zero-order valence-corrected chi connectivity index (χ0v) is 11.3. The van der Waals surface area contributed by atoms with E-state index in [0.717, 1.165) is 11.1 Å². The number of carbonyl (C=O) groups excluding carboxylic acids is 2. The Morgan fingerprint density at radius 1 is 1.50 bits per heavy atom. The van der Waals surface area contributed by atoms with E-state index in [4.69, 9.17) is 0 Å². The minimum absolute atomic E-state index is 0.0751. The Balaban J connectivity index is 2.24. The number of ether oxygens (including phenoxy) is 1. The average Bonchev–Trinajstić information content (AvgIpc) is 2.99. The van der Waals surface area contributed by atoms with Crippen LogP contribution in [0.2, 0.25) is 0 Å². The number of sulfone groups is 1. The summed E-state index contributed by atoms with van der Waals surface area (Å²) in [5, 5.41) is 2.04. The molecular weight excluding hydrogens is 318 g/mol. The van der Waals surface area contributed by atoms with Gasteiger partial charge in [-0.05, 0) is 11.4 Å². The lowest BCUT2D eigenvalue weighted by atomic mass is 10.4. The van der Waals surface area contributed by atoms with E-state index in [2.05, 4.69) is 10.2 Å². The highest BCUT2D eigenvalue weighted by Crippen LogP contribution is 2.26. The Morgan fingerprint density at radius 3 is 2.75 bits per heavy atom. The highest BCUT2D eigenvalue weighted by atomic mass is 32.2. The molecule has 2 rings (SSSR count). The van der Waals surface area contributed by atoms with Gasteiger partial charge in [0.2, 0.25) is 9.84 Å². The summed E-state index contributed by atoms with van der Waals surface area (Å²) in [5.74, 6) is -4.58. The van der Waals surface area contributed by atoms with Gasteiger partial charge in [0.15, 0.2) is 0 Å². The van der Waals surface area contributed by atoms with Gasteiger partial charge in [-0.2, -0.15) is 8.78 Å². The summed E-state index contributed by atoms with van der Waals surface area (Å²) in [5.41, 5.74) is 2.10. The molecule has 0 saturated carbocycles. The largest absolute Gasteiger partial charge is 0.446 e. The van der Waals surface area contributed by atoms with Gasteiger partial charge in [-0.1, -0.05) is 0 Å². The van der Waals surface area contributed by atoms with Crippen LogP contribution in [0.1, 0.15) is 9.67 Å². The van der Waals surface area contributed by atoms with E-state index in [1.165, 1.54) is 5.38 Å². The molecule has 1 saturated heterocycles. The van der Waals surface area contributed by atoms with Gasteiger partial charge < -0.3 is 4.74 Å². The van der Waals surface area contributed by atoms with Crippen LogP contribution >= 0.6 is 11.3 Å². The molecule has 0 aromatic carbocycles. The van der Waals surface area contributed by atoms with Gasteiger partial charge >= 0.3 is 11.9 Å². The molecule has 20 heavy (non-hydrogen) atoms. The summed E-state index contributed by atoms with van der Waals surface area (Å²) in [7, 11) is -4.87. The molecule has 1 fully saturated rings. The van der Waals surface area contributed by atoms with Crippen molar-refractivity contribution < 1.29 is 31.5 Å². The van der Waals surface area contributed by atoms with Gasteiger partial charge in [-0.15, -0.1) is 11.3 Å². The monoisotopic (exact) mass is 326 g/mol.